The number of hydrogen-bond acceptors (Lipinski definition) is 0. The maximum absolute atomic E-state index is 6.13. The van der Waals surface area contributed by atoms with Gasteiger partial charge in [-0.25, -0.2) is 0 Å². The molecule has 0 rings (SSSR count). The van der Waals surface area contributed by atoms with E-state index >= 15 is 0 Å². The third-order valence-electron chi connectivity index (χ3n) is 4.83. The van der Waals surface area contributed by atoms with Crippen molar-refractivity contribution in [1.82, 2.24) is 0 Å². The molecule has 0 N–H and O–H groups in total. The Kier molecular flexibility index (Phi) is 13.1. The fourth-order valence-corrected chi connectivity index (χ4v) is 3.10. The molecule has 0 heterocycles. The molecular formula is C18H39ClN+. The van der Waals surface area contributed by atoms with Gasteiger partial charge in [0.25, 0.3) is 0 Å². The van der Waals surface area contributed by atoms with Crippen molar-refractivity contribution in [2.75, 3.05) is 26.2 Å². The van der Waals surface area contributed by atoms with Gasteiger partial charge in [-0.2, -0.15) is 0 Å². The van der Waals surface area contributed by atoms with Crippen LogP contribution in [0.4, 0.5) is 0 Å². The van der Waals surface area contributed by atoms with E-state index in [1.807, 2.05) is 0 Å². The highest BCUT2D eigenvalue weighted by Gasteiger charge is 2.22. The average Bonchev–Trinajstić information content (AvgIpc) is 2.45. The van der Waals surface area contributed by atoms with Gasteiger partial charge in [-0.1, -0.05) is 45.4 Å². The number of rotatable bonds is 14. The summed E-state index contributed by atoms with van der Waals surface area (Å²) in [6.45, 7) is 14.2. The molecule has 0 bridgehead atoms. The Bertz CT molecular complexity index is 200. The van der Waals surface area contributed by atoms with Crippen molar-refractivity contribution >= 4 is 11.6 Å². The van der Waals surface area contributed by atoms with Gasteiger partial charge < -0.3 is 4.48 Å². The first-order valence-corrected chi connectivity index (χ1v) is 9.53. The first kappa shape index (κ1) is 20.2. The first-order valence-electron chi connectivity index (χ1n) is 9.09. The summed E-state index contributed by atoms with van der Waals surface area (Å²) in [5.74, 6) is 0. The molecule has 0 aliphatic rings. The number of hydrogen-bond donors (Lipinski definition) is 0. The van der Waals surface area contributed by atoms with E-state index in [4.69, 9.17) is 11.6 Å². The van der Waals surface area contributed by atoms with Gasteiger partial charge >= 0.3 is 0 Å². The summed E-state index contributed by atoms with van der Waals surface area (Å²) in [5.41, 5.74) is 0. The van der Waals surface area contributed by atoms with Crippen LogP contribution in [0, 0.1) is 0 Å². The topological polar surface area (TPSA) is 0 Å². The van der Waals surface area contributed by atoms with Crippen molar-refractivity contribution in [2.24, 2.45) is 0 Å². The summed E-state index contributed by atoms with van der Waals surface area (Å²) in [6, 6.07) is 0. The zero-order valence-electron chi connectivity index (χ0n) is 14.6. The van der Waals surface area contributed by atoms with E-state index < -0.39 is 0 Å². The van der Waals surface area contributed by atoms with E-state index in [1.54, 1.807) is 0 Å². The summed E-state index contributed by atoms with van der Waals surface area (Å²) in [7, 11) is 0. The largest absolute Gasteiger partial charge is 0.324 e. The van der Waals surface area contributed by atoms with Crippen LogP contribution in [-0.2, 0) is 0 Å². The minimum Gasteiger partial charge on any atom is -0.324 e. The van der Waals surface area contributed by atoms with Gasteiger partial charge in [0.2, 0.25) is 0 Å². The zero-order valence-corrected chi connectivity index (χ0v) is 15.4. The predicted octanol–water partition coefficient (Wildman–Crippen LogP) is 6.00. The lowest BCUT2D eigenvalue weighted by atomic mass is 10.1. The summed E-state index contributed by atoms with van der Waals surface area (Å²) in [5, 5.41) is 0.323. The molecule has 1 unspecified atom stereocenters. The second kappa shape index (κ2) is 13.0. The molecule has 2 heteroatoms. The van der Waals surface area contributed by atoms with Crippen LogP contribution in [0.2, 0.25) is 0 Å². The minimum absolute atomic E-state index is 0.323. The first-order chi connectivity index (χ1) is 9.60. The molecule has 1 nitrogen and oxygen atoms in total. The number of alkyl halides is 1. The lowest BCUT2D eigenvalue weighted by Crippen LogP contribution is -2.49. The Labute approximate surface area is 133 Å². The molecule has 0 saturated carbocycles. The van der Waals surface area contributed by atoms with Gasteiger partial charge in [-0.05, 0) is 33.6 Å². The van der Waals surface area contributed by atoms with Crippen molar-refractivity contribution in [1.29, 1.82) is 0 Å². The molecule has 0 amide bonds. The van der Waals surface area contributed by atoms with Crippen LogP contribution in [0.1, 0.15) is 85.5 Å². The maximum Gasteiger partial charge on any atom is 0.0800 e. The molecule has 122 valence electrons. The molecule has 0 aromatic heterocycles. The summed E-state index contributed by atoms with van der Waals surface area (Å²) in [4.78, 5) is 0. The molecule has 0 aromatic carbocycles. The van der Waals surface area contributed by atoms with Crippen LogP contribution >= 0.6 is 11.6 Å². The number of unbranched alkanes of at least 4 members (excludes halogenated alkanes) is 7. The van der Waals surface area contributed by atoms with Crippen LogP contribution in [0.15, 0.2) is 0 Å². The van der Waals surface area contributed by atoms with Gasteiger partial charge in [0.1, 0.15) is 0 Å². The van der Waals surface area contributed by atoms with Crippen LogP contribution in [-0.4, -0.2) is 36.0 Å². The van der Waals surface area contributed by atoms with Crippen molar-refractivity contribution in [3.05, 3.63) is 0 Å². The Morgan fingerprint density at radius 3 is 1.70 bits per heavy atom. The van der Waals surface area contributed by atoms with Crippen LogP contribution in [0.3, 0.4) is 0 Å². The third-order valence-corrected chi connectivity index (χ3v) is 5.05. The van der Waals surface area contributed by atoms with Gasteiger partial charge in [-0.3, -0.25) is 0 Å². The molecule has 0 saturated heterocycles. The molecular weight excluding hydrogens is 266 g/mol. The Balaban J connectivity index is 3.74. The molecule has 0 radical (unpaired) electrons. The molecule has 0 aliphatic carbocycles. The SMILES string of the molecule is CCCCCCCCCC[N+](CC)(CC)CCC(C)Cl. The highest BCUT2D eigenvalue weighted by molar-refractivity contribution is 6.20. The highest BCUT2D eigenvalue weighted by atomic mass is 35.5. The minimum atomic E-state index is 0.323. The van der Waals surface area contributed by atoms with Crippen molar-refractivity contribution in [3.8, 4) is 0 Å². The fourth-order valence-electron chi connectivity index (χ4n) is 3.00. The van der Waals surface area contributed by atoms with Crippen LogP contribution in [0.25, 0.3) is 0 Å². The highest BCUT2D eigenvalue weighted by Crippen LogP contribution is 2.15. The van der Waals surface area contributed by atoms with Gasteiger partial charge in [-0.15, -0.1) is 11.6 Å². The molecule has 0 fully saturated rings. The van der Waals surface area contributed by atoms with E-state index in [0.29, 0.717) is 5.38 Å². The molecule has 20 heavy (non-hydrogen) atoms. The lowest BCUT2D eigenvalue weighted by Gasteiger charge is -2.37. The normalized spacial score (nSPS) is 13.7. The smallest absolute Gasteiger partial charge is 0.0800 e. The maximum atomic E-state index is 6.13. The molecule has 0 aliphatic heterocycles. The zero-order chi connectivity index (χ0) is 15.3. The van der Waals surface area contributed by atoms with Crippen LogP contribution in [0.5, 0.6) is 0 Å². The number of nitrogens with zero attached hydrogens (tertiary/aromatic N) is 1. The van der Waals surface area contributed by atoms with Crippen molar-refractivity contribution in [3.63, 3.8) is 0 Å². The third kappa shape index (κ3) is 10.0. The quantitative estimate of drug-likeness (QED) is 0.210. The molecule has 1 atom stereocenters. The number of halogens is 1. The van der Waals surface area contributed by atoms with Crippen molar-refractivity contribution in [2.45, 2.75) is 90.9 Å². The summed E-state index contributed by atoms with van der Waals surface area (Å²) < 4.78 is 1.27. The van der Waals surface area contributed by atoms with Crippen LogP contribution < -0.4 is 0 Å². The van der Waals surface area contributed by atoms with Gasteiger partial charge in [0.05, 0.1) is 26.2 Å². The standard InChI is InChI=1S/C18H39ClN/c1-5-8-9-10-11-12-13-14-16-20(6-2,7-3)17-15-18(4)19/h18H,5-17H2,1-4H3/q+1. The van der Waals surface area contributed by atoms with E-state index in [2.05, 4.69) is 27.7 Å². The summed E-state index contributed by atoms with van der Waals surface area (Å²) in [6.07, 6.45) is 12.5. The second-order valence-electron chi connectivity index (χ2n) is 6.47. The monoisotopic (exact) mass is 304 g/mol. The van der Waals surface area contributed by atoms with Crippen molar-refractivity contribution < 1.29 is 4.48 Å². The van der Waals surface area contributed by atoms with E-state index in [-0.39, 0.29) is 0 Å². The Morgan fingerprint density at radius 2 is 1.25 bits per heavy atom. The van der Waals surface area contributed by atoms with E-state index in [1.165, 1.54) is 82.0 Å². The lowest BCUT2D eigenvalue weighted by molar-refractivity contribution is -0.925. The molecule has 0 aromatic rings. The second-order valence-corrected chi connectivity index (χ2v) is 7.21. The fraction of sp³-hybridized carbons (Fsp3) is 1.00. The summed E-state index contributed by atoms with van der Waals surface area (Å²) >= 11 is 6.13. The van der Waals surface area contributed by atoms with Gasteiger partial charge in [0.15, 0.2) is 0 Å². The van der Waals surface area contributed by atoms with Gasteiger partial charge in [0, 0.05) is 11.8 Å². The van der Waals surface area contributed by atoms with E-state index in [0.717, 1.165) is 6.42 Å². The Morgan fingerprint density at radius 1 is 0.750 bits per heavy atom. The Hall–Kier alpha value is 0.250. The van der Waals surface area contributed by atoms with E-state index in [9.17, 15) is 0 Å². The average molecular weight is 305 g/mol. The predicted molar refractivity (Wildman–Crippen MR) is 93.6 cm³/mol. The molecule has 0 spiro atoms. The number of quaternary nitrogens is 1.